The number of morpholine rings is 2. The average Bonchev–Trinajstić information content (AvgIpc) is 3.28. The van der Waals surface area contributed by atoms with Gasteiger partial charge < -0.3 is 24.0 Å². The summed E-state index contributed by atoms with van der Waals surface area (Å²) in [6.07, 6.45) is 4.15. The fraction of sp³-hybridized carbons (Fsp3) is 0.682. The highest BCUT2D eigenvalue weighted by atomic mass is 16.5. The van der Waals surface area contributed by atoms with Gasteiger partial charge in [-0.15, -0.1) is 0 Å². The highest BCUT2D eigenvalue weighted by molar-refractivity contribution is 6.05. The van der Waals surface area contributed by atoms with Gasteiger partial charge in [0.25, 0.3) is 11.8 Å². The highest BCUT2D eigenvalue weighted by Crippen LogP contribution is 2.27. The molecule has 3 aliphatic heterocycles. The third-order valence-electron chi connectivity index (χ3n) is 6.53. The van der Waals surface area contributed by atoms with Crippen LogP contribution in [0, 0.1) is 0 Å². The Kier molecular flexibility index (Phi) is 6.26. The van der Waals surface area contributed by atoms with E-state index in [0.717, 1.165) is 19.3 Å². The van der Waals surface area contributed by atoms with E-state index in [0.29, 0.717) is 57.2 Å². The second kappa shape index (κ2) is 9.32. The van der Waals surface area contributed by atoms with Crippen molar-refractivity contribution in [3.8, 4) is 0 Å². The summed E-state index contributed by atoms with van der Waals surface area (Å²) < 4.78 is 18.6. The molecule has 3 fully saturated rings. The summed E-state index contributed by atoms with van der Waals surface area (Å²) in [6.45, 7) is 7.29. The van der Waals surface area contributed by atoms with Gasteiger partial charge in [-0.3, -0.25) is 9.59 Å². The van der Waals surface area contributed by atoms with Crippen LogP contribution in [0.5, 0.6) is 0 Å². The summed E-state index contributed by atoms with van der Waals surface area (Å²) in [4.78, 5) is 39.6. The Labute approximate surface area is 192 Å². The normalized spacial score (nSPS) is 26.5. The summed E-state index contributed by atoms with van der Waals surface area (Å²) in [5.74, 6) is -0.557. The maximum atomic E-state index is 13.6. The first kappa shape index (κ1) is 22.2. The van der Waals surface area contributed by atoms with E-state index >= 15 is 0 Å². The minimum Gasteiger partial charge on any atom is -0.377 e. The van der Waals surface area contributed by atoms with Crippen molar-refractivity contribution in [2.24, 2.45) is 0 Å². The van der Waals surface area contributed by atoms with E-state index < -0.39 is 0 Å². The Morgan fingerprint density at radius 2 is 1.64 bits per heavy atom. The lowest BCUT2D eigenvalue weighted by atomic mass is 10.1. The number of amides is 2. The van der Waals surface area contributed by atoms with E-state index in [-0.39, 0.29) is 41.6 Å². The third kappa shape index (κ3) is 4.20. The van der Waals surface area contributed by atoms with E-state index in [4.69, 9.17) is 14.2 Å². The van der Waals surface area contributed by atoms with Crippen LogP contribution in [0.3, 0.4) is 0 Å². The molecular weight excluding hydrogens is 428 g/mol. The lowest BCUT2D eigenvalue weighted by Crippen LogP contribution is -2.48. The van der Waals surface area contributed by atoms with Crippen molar-refractivity contribution in [2.75, 3.05) is 46.1 Å². The molecule has 0 aromatic carbocycles. The number of aromatic nitrogens is 4. The van der Waals surface area contributed by atoms with Crippen molar-refractivity contribution < 1.29 is 23.8 Å². The molecule has 2 amide bonds. The number of hydrogen-bond acceptors (Lipinski definition) is 8. The predicted octanol–water partition coefficient (Wildman–Crippen LogP) is 1.25. The molecule has 1 unspecified atom stereocenters. The standard InChI is InChI=1S/C22H30N6O5/c1-14-12-31-9-6-26(14)21(29)18-16-11-23-28(17-5-3-4-8-33-17)20(16)25-19(24-18)22(30)27-7-10-32-13-15(27)2/h11,14-15,17H,3-10,12-13H2,1-2H3/t14-,15-,17?/m1/s1. The molecule has 0 saturated carbocycles. The molecule has 0 bridgehead atoms. The molecule has 0 spiro atoms. The van der Waals surface area contributed by atoms with Crippen LogP contribution in [0.2, 0.25) is 0 Å². The molecule has 0 radical (unpaired) electrons. The number of ether oxygens (including phenoxy) is 3. The van der Waals surface area contributed by atoms with Crippen molar-refractivity contribution in [3.05, 3.63) is 17.7 Å². The van der Waals surface area contributed by atoms with Gasteiger partial charge in [0.05, 0.1) is 50.1 Å². The molecule has 3 atom stereocenters. The van der Waals surface area contributed by atoms with Gasteiger partial charge in [0, 0.05) is 19.7 Å². The maximum absolute atomic E-state index is 13.6. The van der Waals surface area contributed by atoms with E-state index in [1.165, 1.54) is 0 Å². The molecule has 3 aliphatic rings. The van der Waals surface area contributed by atoms with Crippen LogP contribution < -0.4 is 0 Å². The van der Waals surface area contributed by atoms with E-state index in [2.05, 4.69) is 15.1 Å². The molecular formula is C22H30N6O5. The van der Waals surface area contributed by atoms with Crippen molar-refractivity contribution in [1.29, 1.82) is 0 Å². The van der Waals surface area contributed by atoms with Gasteiger partial charge in [0.2, 0.25) is 5.82 Å². The molecule has 3 saturated heterocycles. The molecule has 5 heterocycles. The van der Waals surface area contributed by atoms with Gasteiger partial charge in [-0.1, -0.05) is 0 Å². The first-order valence-electron chi connectivity index (χ1n) is 11.7. The lowest BCUT2D eigenvalue weighted by molar-refractivity contribution is -0.0370. The summed E-state index contributed by atoms with van der Waals surface area (Å²) in [7, 11) is 0. The molecule has 11 nitrogen and oxygen atoms in total. The molecule has 0 aliphatic carbocycles. The van der Waals surface area contributed by atoms with Gasteiger partial charge >= 0.3 is 0 Å². The zero-order valence-corrected chi connectivity index (χ0v) is 19.1. The van der Waals surface area contributed by atoms with Crippen LogP contribution in [-0.2, 0) is 14.2 Å². The second-order valence-corrected chi connectivity index (χ2v) is 8.89. The van der Waals surface area contributed by atoms with Gasteiger partial charge in [-0.05, 0) is 33.1 Å². The fourth-order valence-corrected chi connectivity index (χ4v) is 4.63. The smallest absolute Gasteiger partial charge is 0.292 e. The zero-order valence-electron chi connectivity index (χ0n) is 19.1. The quantitative estimate of drug-likeness (QED) is 0.676. The summed E-state index contributed by atoms with van der Waals surface area (Å²) in [6, 6.07) is -0.193. The molecule has 11 heteroatoms. The maximum Gasteiger partial charge on any atom is 0.292 e. The van der Waals surface area contributed by atoms with Crippen LogP contribution in [-0.4, -0.2) is 99.6 Å². The Balaban J connectivity index is 1.59. The largest absolute Gasteiger partial charge is 0.377 e. The number of rotatable bonds is 3. The van der Waals surface area contributed by atoms with Crippen LogP contribution >= 0.6 is 0 Å². The Morgan fingerprint density at radius 1 is 0.939 bits per heavy atom. The first-order valence-corrected chi connectivity index (χ1v) is 11.7. The molecule has 2 aromatic heterocycles. The number of carbonyl (C=O) groups is 2. The van der Waals surface area contributed by atoms with Crippen molar-refractivity contribution >= 4 is 22.8 Å². The van der Waals surface area contributed by atoms with E-state index in [1.807, 2.05) is 13.8 Å². The summed E-state index contributed by atoms with van der Waals surface area (Å²) in [5.41, 5.74) is 0.644. The minimum atomic E-state index is -0.311. The number of carbonyl (C=O) groups excluding carboxylic acids is 2. The van der Waals surface area contributed by atoms with Crippen LogP contribution in [0.1, 0.15) is 60.4 Å². The topological polar surface area (TPSA) is 112 Å². The predicted molar refractivity (Wildman–Crippen MR) is 117 cm³/mol. The van der Waals surface area contributed by atoms with Gasteiger partial charge in [-0.2, -0.15) is 5.10 Å². The molecule has 2 aromatic rings. The zero-order chi connectivity index (χ0) is 22.9. The highest BCUT2D eigenvalue weighted by Gasteiger charge is 2.33. The first-order chi connectivity index (χ1) is 16.0. The second-order valence-electron chi connectivity index (χ2n) is 8.89. The van der Waals surface area contributed by atoms with Gasteiger partial charge in [-0.25, -0.2) is 14.6 Å². The molecule has 178 valence electrons. The van der Waals surface area contributed by atoms with Crippen LogP contribution in [0.15, 0.2) is 6.20 Å². The molecule has 0 N–H and O–H groups in total. The van der Waals surface area contributed by atoms with Crippen LogP contribution in [0.25, 0.3) is 11.0 Å². The monoisotopic (exact) mass is 458 g/mol. The number of fused-ring (bicyclic) bond motifs is 1. The Morgan fingerprint density at radius 3 is 2.27 bits per heavy atom. The summed E-state index contributed by atoms with van der Waals surface area (Å²) in [5, 5.41) is 5.03. The van der Waals surface area contributed by atoms with Crippen LogP contribution in [0.4, 0.5) is 0 Å². The number of hydrogen-bond donors (Lipinski definition) is 0. The van der Waals surface area contributed by atoms with Gasteiger partial charge in [0.1, 0.15) is 5.69 Å². The summed E-state index contributed by atoms with van der Waals surface area (Å²) >= 11 is 0. The average molecular weight is 459 g/mol. The van der Waals surface area contributed by atoms with Crippen molar-refractivity contribution in [3.63, 3.8) is 0 Å². The molecule has 5 rings (SSSR count). The van der Waals surface area contributed by atoms with Crippen molar-refractivity contribution in [2.45, 2.75) is 51.4 Å². The third-order valence-corrected chi connectivity index (χ3v) is 6.53. The Bertz CT molecular complexity index is 1040. The minimum absolute atomic E-state index is 0.00179. The Hall–Kier alpha value is -2.63. The number of nitrogens with zero attached hydrogens (tertiary/aromatic N) is 6. The fourth-order valence-electron chi connectivity index (χ4n) is 4.63. The SMILES string of the molecule is C[C@@H]1COCCN1C(=O)c1nc(C(=O)N2CCOC[C@H]2C)c2cnn(C3CCCCO3)c2n1. The van der Waals surface area contributed by atoms with E-state index in [1.54, 1.807) is 20.7 Å². The van der Waals surface area contributed by atoms with Crippen molar-refractivity contribution in [1.82, 2.24) is 29.5 Å². The lowest BCUT2D eigenvalue weighted by Gasteiger charge is -2.34. The van der Waals surface area contributed by atoms with Gasteiger partial charge in [0.15, 0.2) is 11.9 Å². The van der Waals surface area contributed by atoms with E-state index in [9.17, 15) is 9.59 Å². The molecule has 33 heavy (non-hydrogen) atoms.